The number of aryl methyl sites for hydroxylation is 1. The van der Waals surface area contributed by atoms with E-state index in [2.05, 4.69) is 25.2 Å². The fourth-order valence-electron chi connectivity index (χ4n) is 2.46. The monoisotopic (exact) mass is 275 g/mol. The van der Waals surface area contributed by atoms with E-state index in [4.69, 9.17) is 0 Å². The van der Waals surface area contributed by atoms with Crippen LogP contribution >= 0.6 is 0 Å². The molecule has 20 heavy (non-hydrogen) atoms. The topological polar surface area (TPSA) is 80.0 Å². The summed E-state index contributed by atoms with van der Waals surface area (Å²) in [7, 11) is 1.81. The Kier molecular flexibility index (Phi) is 3.21. The predicted molar refractivity (Wildman–Crippen MR) is 73.2 cm³/mol. The van der Waals surface area contributed by atoms with Gasteiger partial charge in [-0.1, -0.05) is 12.1 Å². The van der Waals surface area contributed by atoms with E-state index < -0.39 is 0 Å². The molecule has 0 atom stereocenters. The zero-order chi connectivity index (χ0) is 14.1. The summed E-state index contributed by atoms with van der Waals surface area (Å²) in [6.07, 6.45) is 2.09. The highest BCUT2D eigenvalue weighted by Crippen LogP contribution is 2.21. The average molecular weight is 275 g/mol. The van der Waals surface area contributed by atoms with Gasteiger partial charge in [0.2, 0.25) is 5.91 Å². The number of piperazine rings is 1. The van der Waals surface area contributed by atoms with Crippen LogP contribution in [0, 0.1) is 0 Å². The van der Waals surface area contributed by atoms with Gasteiger partial charge in [0.15, 0.2) is 17.0 Å². The summed E-state index contributed by atoms with van der Waals surface area (Å²) in [5, 5.41) is 8.11. The highest BCUT2D eigenvalue weighted by atomic mass is 16.2. The van der Waals surface area contributed by atoms with Crippen molar-refractivity contribution >= 4 is 22.9 Å². The Bertz CT molecular complexity index is 630. The Morgan fingerprint density at radius 1 is 1.25 bits per heavy atom. The molecule has 0 spiro atoms. The van der Waals surface area contributed by atoms with E-state index in [0.717, 1.165) is 37.6 Å². The lowest BCUT2D eigenvalue weighted by molar-refractivity contribution is -0.131. The molecule has 2 aromatic heterocycles. The Morgan fingerprint density at radius 2 is 2.00 bits per heavy atom. The first kappa shape index (κ1) is 12.8. The van der Waals surface area contributed by atoms with Gasteiger partial charge >= 0.3 is 0 Å². The molecule has 0 N–H and O–H groups in total. The van der Waals surface area contributed by atoms with Gasteiger partial charge in [0.05, 0.1) is 0 Å². The molecule has 0 aromatic carbocycles. The van der Waals surface area contributed by atoms with Crippen LogP contribution < -0.4 is 4.90 Å². The normalized spacial score (nSPS) is 15.9. The molecule has 0 bridgehead atoms. The van der Waals surface area contributed by atoms with Gasteiger partial charge in [-0.05, 0) is 0 Å². The smallest absolute Gasteiger partial charge is 0.222 e. The molecule has 1 aliphatic rings. The van der Waals surface area contributed by atoms with Gasteiger partial charge in [-0.2, -0.15) is 0 Å². The number of carbonyl (C=O) groups is 1. The van der Waals surface area contributed by atoms with Gasteiger partial charge < -0.3 is 9.80 Å². The first-order valence-electron chi connectivity index (χ1n) is 6.73. The second-order valence-corrected chi connectivity index (χ2v) is 4.80. The zero-order valence-corrected chi connectivity index (χ0v) is 11.7. The molecule has 3 heterocycles. The summed E-state index contributed by atoms with van der Waals surface area (Å²) >= 11 is 0. The van der Waals surface area contributed by atoms with Crippen molar-refractivity contribution < 1.29 is 4.79 Å². The molecular weight excluding hydrogens is 258 g/mol. The largest absolute Gasteiger partial charge is 0.351 e. The molecule has 106 valence electrons. The van der Waals surface area contributed by atoms with Crippen molar-refractivity contribution in [2.24, 2.45) is 7.05 Å². The minimum atomic E-state index is 0.206. The van der Waals surface area contributed by atoms with Crippen molar-refractivity contribution in [2.45, 2.75) is 13.3 Å². The van der Waals surface area contributed by atoms with Crippen LogP contribution in [-0.2, 0) is 11.8 Å². The van der Waals surface area contributed by atoms with E-state index in [1.807, 2.05) is 18.9 Å². The molecule has 0 radical (unpaired) electrons. The molecule has 1 saturated heterocycles. The maximum atomic E-state index is 11.7. The third-order valence-corrected chi connectivity index (χ3v) is 3.60. The summed E-state index contributed by atoms with van der Waals surface area (Å²) in [5.74, 6) is 1.00. The van der Waals surface area contributed by atoms with Crippen LogP contribution in [0.2, 0.25) is 0 Å². The van der Waals surface area contributed by atoms with Crippen molar-refractivity contribution in [3.05, 3.63) is 6.33 Å². The number of carbonyl (C=O) groups excluding carboxylic acids is 1. The molecule has 1 amide bonds. The maximum Gasteiger partial charge on any atom is 0.222 e. The summed E-state index contributed by atoms with van der Waals surface area (Å²) in [4.78, 5) is 24.2. The zero-order valence-electron chi connectivity index (χ0n) is 11.7. The van der Waals surface area contributed by atoms with Crippen LogP contribution in [0.25, 0.3) is 11.2 Å². The number of anilines is 1. The van der Waals surface area contributed by atoms with E-state index in [-0.39, 0.29) is 5.91 Å². The number of nitrogens with zero attached hydrogens (tertiary/aromatic N) is 7. The molecule has 8 nitrogen and oxygen atoms in total. The Labute approximate surface area is 116 Å². The Balaban J connectivity index is 1.82. The Hall–Kier alpha value is -2.25. The quantitative estimate of drug-likeness (QED) is 0.756. The number of aromatic nitrogens is 5. The molecule has 0 saturated carbocycles. The lowest BCUT2D eigenvalue weighted by atomic mass is 10.2. The van der Waals surface area contributed by atoms with Crippen LogP contribution in [0.15, 0.2) is 6.33 Å². The van der Waals surface area contributed by atoms with E-state index >= 15 is 0 Å². The van der Waals surface area contributed by atoms with Crippen molar-refractivity contribution in [1.82, 2.24) is 29.9 Å². The molecule has 3 rings (SSSR count). The SMILES string of the molecule is CCC(=O)N1CCN(c2ncnc3c2nnn3C)CC1. The number of hydrogen-bond acceptors (Lipinski definition) is 6. The number of amides is 1. The second-order valence-electron chi connectivity index (χ2n) is 4.80. The summed E-state index contributed by atoms with van der Waals surface area (Å²) in [6.45, 7) is 4.85. The first-order valence-corrected chi connectivity index (χ1v) is 6.73. The number of rotatable bonds is 2. The standard InChI is InChI=1S/C12H17N7O/c1-3-9(20)18-4-6-19(7-5-18)12-10-11(13-8-14-12)17(2)16-15-10/h8H,3-7H2,1-2H3. The van der Waals surface area contributed by atoms with Crippen LogP contribution in [0.4, 0.5) is 5.82 Å². The van der Waals surface area contributed by atoms with Crippen LogP contribution in [-0.4, -0.2) is 61.9 Å². The highest BCUT2D eigenvalue weighted by Gasteiger charge is 2.23. The second kappa shape index (κ2) is 5.03. The van der Waals surface area contributed by atoms with Gasteiger partial charge in [0.1, 0.15) is 6.33 Å². The van der Waals surface area contributed by atoms with Crippen molar-refractivity contribution in [1.29, 1.82) is 0 Å². The Morgan fingerprint density at radius 3 is 2.70 bits per heavy atom. The average Bonchev–Trinajstić information content (AvgIpc) is 2.88. The number of fused-ring (bicyclic) bond motifs is 1. The van der Waals surface area contributed by atoms with Crippen molar-refractivity contribution in [3.63, 3.8) is 0 Å². The third-order valence-electron chi connectivity index (χ3n) is 3.60. The lowest BCUT2D eigenvalue weighted by Gasteiger charge is -2.35. The van der Waals surface area contributed by atoms with Gasteiger partial charge in [-0.15, -0.1) is 5.10 Å². The third kappa shape index (κ3) is 2.06. The predicted octanol–water partition coefficient (Wildman–Crippen LogP) is -0.183. The van der Waals surface area contributed by atoms with E-state index in [0.29, 0.717) is 11.9 Å². The maximum absolute atomic E-state index is 11.7. The minimum absolute atomic E-state index is 0.206. The van der Waals surface area contributed by atoms with Gasteiger partial charge in [0.25, 0.3) is 0 Å². The molecule has 1 aliphatic heterocycles. The van der Waals surface area contributed by atoms with Crippen LogP contribution in [0.1, 0.15) is 13.3 Å². The van der Waals surface area contributed by atoms with E-state index in [1.165, 1.54) is 6.33 Å². The van der Waals surface area contributed by atoms with Gasteiger partial charge in [-0.25, -0.2) is 14.6 Å². The highest BCUT2D eigenvalue weighted by molar-refractivity contribution is 5.82. The molecule has 8 heteroatoms. The molecule has 0 unspecified atom stereocenters. The lowest BCUT2D eigenvalue weighted by Crippen LogP contribution is -2.49. The van der Waals surface area contributed by atoms with Crippen molar-refractivity contribution in [3.8, 4) is 0 Å². The summed E-state index contributed by atoms with van der Waals surface area (Å²) in [5.41, 5.74) is 1.44. The molecular formula is C12H17N7O. The number of hydrogen-bond donors (Lipinski definition) is 0. The first-order chi connectivity index (χ1) is 9.70. The van der Waals surface area contributed by atoms with E-state index in [9.17, 15) is 4.79 Å². The molecule has 0 aliphatic carbocycles. The fourth-order valence-corrected chi connectivity index (χ4v) is 2.46. The van der Waals surface area contributed by atoms with E-state index in [1.54, 1.807) is 4.68 Å². The fraction of sp³-hybridized carbons (Fsp3) is 0.583. The van der Waals surface area contributed by atoms with Crippen LogP contribution in [0.3, 0.4) is 0 Å². The molecule has 1 fully saturated rings. The van der Waals surface area contributed by atoms with Gasteiger partial charge in [0, 0.05) is 39.6 Å². The van der Waals surface area contributed by atoms with Crippen molar-refractivity contribution in [2.75, 3.05) is 31.1 Å². The van der Waals surface area contributed by atoms with Crippen LogP contribution in [0.5, 0.6) is 0 Å². The van der Waals surface area contributed by atoms with Gasteiger partial charge in [-0.3, -0.25) is 4.79 Å². The summed E-state index contributed by atoms with van der Waals surface area (Å²) in [6, 6.07) is 0. The summed E-state index contributed by atoms with van der Waals surface area (Å²) < 4.78 is 1.64. The minimum Gasteiger partial charge on any atom is -0.351 e. The molecule has 2 aromatic rings.